The molecule has 0 fully saturated rings. The molecule has 0 heterocycles. The quantitative estimate of drug-likeness (QED) is 0.939. The molecule has 0 saturated carbocycles. The lowest BCUT2D eigenvalue weighted by Crippen LogP contribution is -2.15. The maximum atomic E-state index is 13.1. The van der Waals surface area contributed by atoms with E-state index in [1.54, 1.807) is 32.4 Å². The maximum Gasteiger partial charge on any atom is 0.126 e. The number of aliphatic hydroxyl groups is 1. The van der Waals surface area contributed by atoms with E-state index in [1.807, 2.05) is 18.2 Å². The van der Waals surface area contributed by atoms with E-state index in [0.717, 1.165) is 11.1 Å². The predicted molar refractivity (Wildman–Crippen MR) is 82.7 cm³/mol. The molecule has 1 N–H and O–H groups in total. The molecule has 2 atom stereocenters. The molecule has 114 valence electrons. The summed E-state index contributed by atoms with van der Waals surface area (Å²) in [6.07, 6.45) is 3.04. The average Bonchev–Trinajstić information content (AvgIpc) is 2.55. The molecule has 0 bridgehead atoms. The molecule has 0 spiro atoms. The number of rotatable bonds is 3. The number of halogens is 1. The van der Waals surface area contributed by atoms with Gasteiger partial charge in [-0.2, -0.15) is 0 Å². The number of ether oxygens (including phenoxy) is 2. The Labute approximate surface area is 128 Å². The van der Waals surface area contributed by atoms with Crippen LogP contribution in [0.4, 0.5) is 4.39 Å². The normalized spacial score (nSPS) is 19.6. The van der Waals surface area contributed by atoms with Crippen molar-refractivity contribution in [1.29, 1.82) is 0 Å². The zero-order chi connectivity index (χ0) is 15.7. The third-order valence-electron chi connectivity index (χ3n) is 4.01. The molecular weight excluding hydrogens is 283 g/mol. The van der Waals surface area contributed by atoms with Gasteiger partial charge in [0.05, 0.1) is 20.3 Å². The van der Waals surface area contributed by atoms with Gasteiger partial charge in [-0.3, -0.25) is 0 Å². The molecule has 2 aromatic carbocycles. The van der Waals surface area contributed by atoms with Gasteiger partial charge in [-0.05, 0) is 29.8 Å². The second-order valence-corrected chi connectivity index (χ2v) is 5.18. The van der Waals surface area contributed by atoms with Gasteiger partial charge < -0.3 is 14.6 Å². The minimum atomic E-state index is -0.782. The lowest BCUT2D eigenvalue weighted by Gasteiger charge is -2.28. The maximum absolute atomic E-state index is 13.1. The highest BCUT2D eigenvalue weighted by molar-refractivity contribution is 5.69. The van der Waals surface area contributed by atoms with Gasteiger partial charge in [0.2, 0.25) is 0 Å². The summed E-state index contributed by atoms with van der Waals surface area (Å²) in [5, 5.41) is 10.8. The average molecular weight is 300 g/mol. The highest BCUT2D eigenvalue weighted by Gasteiger charge is 2.30. The first-order chi connectivity index (χ1) is 10.7. The van der Waals surface area contributed by atoms with Crippen LogP contribution < -0.4 is 9.47 Å². The zero-order valence-corrected chi connectivity index (χ0v) is 12.4. The van der Waals surface area contributed by atoms with E-state index in [4.69, 9.17) is 9.47 Å². The first kappa shape index (κ1) is 14.6. The van der Waals surface area contributed by atoms with Gasteiger partial charge in [-0.25, -0.2) is 4.39 Å². The molecule has 0 aliphatic heterocycles. The van der Waals surface area contributed by atoms with Crippen LogP contribution in [0.25, 0.3) is 6.08 Å². The van der Waals surface area contributed by atoms with Gasteiger partial charge >= 0.3 is 0 Å². The number of methoxy groups -OCH3 is 2. The van der Waals surface area contributed by atoms with Gasteiger partial charge in [0, 0.05) is 17.0 Å². The second-order valence-electron chi connectivity index (χ2n) is 5.18. The van der Waals surface area contributed by atoms with Gasteiger partial charge in [-0.15, -0.1) is 0 Å². The Morgan fingerprint density at radius 3 is 2.23 bits per heavy atom. The van der Waals surface area contributed by atoms with Gasteiger partial charge in [0.1, 0.15) is 17.3 Å². The Kier molecular flexibility index (Phi) is 3.86. The van der Waals surface area contributed by atoms with E-state index < -0.39 is 6.10 Å². The first-order valence-electron chi connectivity index (χ1n) is 7.02. The number of fused-ring (bicyclic) bond motifs is 1. The predicted octanol–water partition coefficient (Wildman–Crippen LogP) is 3.69. The van der Waals surface area contributed by atoms with E-state index in [0.29, 0.717) is 17.1 Å². The highest BCUT2D eigenvalue weighted by Crippen LogP contribution is 2.45. The molecule has 0 unspecified atom stereocenters. The largest absolute Gasteiger partial charge is 0.496 e. The lowest BCUT2D eigenvalue weighted by atomic mass is 9.82. The van der Waals surface area contributed by atoms with Crippen molar-refractivity contribution in [2.45, 2.75) is 12.0 Å². The van der Waals surface area contributed by atoms with E-state index in [2.05, 4.69) is 0 Å². The molecule has 3 nitrogen and oxygen atoms in total. The Morgan fingerprint density at radius 2 is 1.59 bits per heavy atom. The molecule has 3 rings (SSSR count). The molecule has 1 aliphatic carbocycles. The van der Waals surface area contributed by atoms with Gasteiger partial charge in [0.15, 0.2) is 0 Å². The van der Waals surface area contributed by atoms with Crippen molar-refractivity contribution in [3.8, 4) is 11.5 Å². The molecule has 0 aromatic heterocycles. The minimum absolute atomic E-state index is 0.255. The smallest absolute Gasteiger partial charge is 0.126 e. The summed E-state index contributed by atoms with van der Waals surface area (Å²) in [6, 6.07) is 9.76. The topological polar surface area (TPSA) is 38.7 Å². The Hall–Kier alpha value is -2.33. The van der Waals surface area contributed by atoms with Crippen molar-refractivity contribution in [3.63, 3.8) is 0 Å². The fourth-order valence-electron chi connectivity index (χ4n) is 2.89. The minimum Gasteiger partial charge on any atom is -0.496 e. The van der Waals surface area contributed by atoms with Crippen LogP contribution in [0.3, 0.4) is 0 Å². The molecule has 0 radical (unpaired) electrons. The third kappa shape index (κ3) is 2.35. The van der Waals surface area contributed by atoms with Gasteiger partial charge in [0.25, 0.3) is 0 Å². The highest BCUT2D eigenvalue weighted by atomic mass is 19.1. The van der Waals surface area contributed by atoms with Crippen molar-refractivity contribution >= 4 is 6.08 Å². The number of hydrogen-bond donors (Lipinski definition) is 1. The Bertz CT molecular complexity index is 707. The summed E-state index contributed by atoms with van der Waals surface area (Å²) in [4.78, 5) is 0. The summed E-state index contributed by atoms with van der Waals surface area (Å²) >= 11 is 0. The molecule has 2 aromatic rings. The molecule has 1 aliphatic rings. The van der Waals surface area contributed by atoms with E-state index >= 15 is 0 Å². The van der Waals surface area contributed by atoms with Gasteiger partial charge in [-0.1, -0.05) is 24.3 Å². The monoisotopic (exact) mass is 300 g/mol. The molecular formula is C18H17FO3. The number of aliphatic hydroxyl groups excluding tert-OH is 1. The fourth-order valence-corrected chi connectivity index (χ4v) is 2.89. The standard InChI is InChI=1S/C18H17FO3/c1-21-15-9-10-16(22-2)17-14(15)8-7-13(18(17)20)11-3-5-12(19)6-4-11/h3-10,13,18,20H,1-2H3/t13-,18-/m1/s1. The molecule has 0 saturated heterocycles. The summed E-state index contributed by atoms with van der Waals surface area (Å²) in [5.41, 5.74) is 2.35. The van der Waals surface area contributed by atoms with Crippen molar-refractivity contribution in [2.24, 2.45) is 0 Å². The van der Waals surface area contributed by atoms with Crippen LogP contribution in [0.2, 0.25) is 0 Å². The summed E-state index contributed by atoms with van der Waals surface area (Å²) in [5.74, 6) is 0.746. The van der Waals surface area contributed by atoms with Crippen molar-refractivity contribution in [3.05, 3.63) is 65.0 Å². The second kappa shape index (κ2) is 5.81. The van der Waals surface area contributed by atoms with Crippen LogP contribution in [0, 0.1) is 5.82 Å². The van der Waals surface area contributed by atoms with Crippen LogP contribution >= 0.6 is 0 Å². The van der Waals surface area contributed by atoms with E-state index in [9.17, 15) is 9.50 Å². The van der Waals surface area contributed by atoms with E-state index in [-0.39, 0.29) is 11.7 Å². The number of hydrogen-bond acceptors (Lipinski definition) is 3. The van der Waals surface area contributed by atoms with Crippen molar-refractivity contribution < 1.29 is 19.0 Å². The fraction of sp³-hybridized carbons (Fsp3) is 0.222. The van der Waals surface area contributed by atoms with Crippen LogP contribution in [0.15, 0.2) is 42.5 Å². The zero-order valence-electron chi connectivity index (χ0n) is 12.4. The summed E-state index contributed by atoms with van der Waals surface area (Å²) in [7, 11) is 3.16. The van der Waals surface area contributed by atoms with Crippen molar-refractivity contribution in [2.75, 3.05) is 14.2 Å². The van der Waals surface area contributed by atoms with E-state index in [1.165, 1.54) is 12.1 Å². The Morgan fingerprint density at radius 1 is 0.955 bits per heavy atom. The number of benzene rings is 2. The first-order valence-corrected chi connectivity index (χ1v) is 7.02. The van der Waals surface area contributed by atoms with Crippen LogP contribution in [-0.2, 0) is 0 Å². The SMILES string of the molecule is COc1ccc(OC)c2c1C=C[C@H](c1ccc(F)cc1)[C@H]2O. The molecule has 22 heavy (non-hydrogen) atoms. The van der Waals surface area contributed by atoms with Crippen LogP contribution in [0.1, 0.15) is 28.7 Å². The lowest BCUT2D eigenvalue weighted by molar-refractivity contribution is 0.155. The molecule has 0 amide bonds. The Balaban J connectivity index is 2.09. The third-order valence-corrected chi connectivity index (χ3v) is 4.01. The van der Waals surface area contributed by atoms with Crippen LogP contribution in [-0.4, -0.2) is 19.3 Å². The summed E-state index contributed by atoms with van der Waals surface area (Å²) in [6.45, 7) is 0. The molecule has 4 heteroatoms. The van der Waals surface area contributed by atoms with Crippen molar-refractivity contribution in [1.82, 2.24) is 0 Å². The van der Waals surface area contributed by atoms with Crippen LogP contribution in [0.5, 0.6) is 11.5 Å². The summed E-state index contributed by atoms with van der Waals surface area (Å²) < 4.78 is 23.8.